The molecule has 3 rings (SSSR count). The Bertz CT molecular complexity index is 678. The van der Waals surface area contributed by atoms with E-state index in [1.165, 1.54) is 6.07 Å². The lowest BCUT2D eigenvalue weighted by Gasteiger charge is -2.24. The third-order valence-corrected chi connectivity index (χ3v) is 3.70. The molecule has 102 valence electrons. The zero-order valence-electron chi connectivity index (χ0n) is 11.0. The number of carboxylic acid groups (broad SMARTS) is 1. The van der Waals surface area contributed by atoms with E-state index in [1.54, 1.807) is 6.07 Å². The van der Waals surface area contributed by atoms with Crippen molar-refractivity contribution < 1.29 is 19.7 Å². The number of aromatic hydroxyl groups is 1. The van der Waals surface area contributed by atoms with Gasteiger partial charge >= 0.3 is 5.97 Å². The third-order valence-electron chi connectivity index (χ3n) is 3.70. The zero-order chi connectivity index (χ0) is 14.3. The molecule has 0 saturated heterocycles. The Kier molecular flexibility index (Phi) is 2.67. The predicted molar refractivity (Wildman–Crippen MR) is 73.2 cm³/mol. The molecule has 0 radical (unpaired) electrons. The van der Waals surface area contributed by atoms with Gasteiger partial charge in [0.15, 0.2) is 0 Å². The fourth-order valence-corrected chi connectivity index (χ4v) is 2.69. The maximum atomic E-state index is 11.3. The molecular weight excluding hydrogens is 256 g/mol. The first-order chi connectivity index (χ1) is 9.51. The number of rotatable bonds is 2. The van der Waals surface area contributed by atoms with Crippen LogP contribution in [0.3, 0.4) is 0 Å². The third kappa shape index (κ3) is 1.81. The number of fused-ring (bicyclic) bond motifs is 1. The molecule has 2 aromatic rings. The number of benzene rings is 2. The summed E-state index contributed by atoms with van der Waals surface area (Å²) in [6, 6.07) is 12.6. The second kappa shape index (κ2) is 4.27. The first-order valence-corrected chi connectivity index (χ1v) is 6.34. The minimum atomic E-state index is -1.14. The standard InChI is InChI=1S/C16H14O4/c1-16(10-5-3-2-4-6-10)9-11-13(20-16)8-7-12(17)14(11)15(18)19/h2-8,17H,9H2,1H3,(H,18,19). The van der Waals surface area contributed by atoms with Gasteiger partial charge in [-0.3, -0.25) is 0 Å². The highest BCUT2D eigenvalue weighted by molar-refractivity contribution is 5.93. The summed E-state index contributed by atoms with van der Waals surface area (Å²) in [6.07, 6.45) is 0.419. The fourth-order valence-electron chi connectivity index (χ4n) is 2.69. The molecule has 1 atom stereocenters. The normalized spacial score (nSPS) is 20.2. The van der Waals surface area contributed by atoms with E-state index in [0.29, 0.717) is 17.7 Å². The number of aromatic carboxylic acids is 1. The molecule has 0 spiro atoms. The fraction of sp³-hybridized carbons (Fsp3) is 0.188. The van der Waals surface area contributed by atoms with Crippen LogP contribution in [-0.2, 0) is 12.0 Å². The molecule has 1 unspecified atom stereocenters. The molecule has 4 heteroatoms. The summed E-state index contributed by atoms with van der Waals surface area (Å²) in [5.74, 6) is -0.844. The Morgan fingerprint density at radius 2 is 1.90 bits per heavy atom. The van der Waals surface area contributed by atoms with E-state index in [1.807, 2.05) is 37.3 Å². The van der Waals surface area contributed by atoms with E-state index < -0.39 is 11.6 Å². The average Bonchev–Trinajstić information content (AvgIpc) is 2.77. The molecule has 1 heterocycles. The second-order valence-corrected chi connectivity index (χ2v) is 5.12. The van der Waals surface area contributed by atoms with Crippen molar-refractivity contribution in [3.63, 3.8) is 0 Å². The number of ether oxygens (including phenoxy) is 1. The van der Waals surface area contributed by atoms with E-state index >= 15 is 0 Å². The minimum absolute atomic E-state index is 0.0674. The molecule has 1 aliphatic rings. The van der Waals surface area contributed by atoms with Crippen LogP contribution in [-0.4, -0.2) is 16.2 Å². The van der Waals surface area contributed by atoms with Crippen molar-refractivity contribution in [1.82, 2.24) is 0 Å². The van der Waals surface area contributed by atoms with Gasteiger partial charge in [0, 0.05) is 12.0 Å². The Morgan fingerprint density at radius 1 is 1.20 bits per heavy atom. The summed E-state index contributed by atoms with van der Waals surface area (Å²) in [5, 5.41) is 19.0. The van der Waals surface area contributed by atoms with Crippen LogP contribution in [0.15, 0.2) is 42.5 Å². The predicted octanol–water partition coefficient (Wildman–Crippen LogP) is 2.94. The van der Waals surface area contributed by atoms with Gasteiger partial charge in [-0.15, -0.1) is 0 Å². The van der Waals surface area contributed by atoms with Crippen LogP contribution in [0.1, 0.15) is 28.4 Å². The molecule has 20 heavy (non-hydrogen) atoms. The van der Waals surface area contributed by atoms with Gasteiger partial charge in [0.05, 0.1) is 0 Å². The van der Waals surface area contributed by atoms with Crippen molar-refractivity contribution in [2.24, 2.45) is 0 Å². The van der Waals surface area contributed by atoms with Gasteiger partial charge in [0.1, 0.15) is 22.7 Å². The zero-order valence-corrected chi connectivity index (χ0v) is 11.0. The molecule has 2 N–H and O–H groups in total. The van der Waals surface area contributed by atoms with Crippen LogP contribution < -0.4 is 4.74 Å². The lowest BCUT2D eigenvalue weighted by molar-refractivity contribution is 0.0692. The monoisotopic (exact) mass is 270 g/mol. The van der Waals surface area contributed by atoms with E-state index in [2.05, 4.69) is 0 Å². The first kappa shape index (κ1) is 12.5. The van der Waals surface area contributed by atoms with Gasteiger partial charge in [0.25, 0.3) is 0 Å². The minimum Gasteiger partial charge on any atom is -0.507 e. The van der Waals surface area contributed by atoms with Crippen LogP contribution in [0, 0.1) is 0 Å². The first-order valence-electron chi connectivity index (χ1n) is 6.34. The highest BCUT2D eigenvalue weighted by atomic mass is 16.5. The number of hydrogen-bond donors (Lipinski definition) is 2. The van der Waals surface area contributed by atoms with E-state index in [9.17, 15) is 15.0 Å². The van der Waals surface area contributed by atoms with Crippen LogP contribution in [0.5, 0.6) is 11.5 Å². The molecule has 0 aliphatic carbocycles. The van der Waals surface area contributed by atoms with Crippen LogP contribution >= 0.6 is 0 Å². The lowest BCUT2D eigenvalue weighted by Crippen LogP contribution is -2.27. The van der Waals surface area contributed by atoms with Crippen LogP contribution in [0.2, 0.25) is 0 Å². The lowest BCUT2D eigenvalue weighted by atomic mass is 9.89. The summed E-state index contributed by atoms with van der Waals surface area (Å²) < 4.78 is 5.95. The highest BCUT2D eigenvalue weighted by Crippen LogP contribution is 2.44. The molecule has 0 amide bonds. The maximum Gasteiger partial charge on any atom is 0.339 e. The van der Waals surface area contributed by atoms with Gasteiger partial charge in [-0.05, 0) is 24.6 Å². The molecule has 0 bridgehead atoms. The van der Waals surface area contributed by atoms with Crippen molar-refractivity contribution in [1.29, 1.82) is 0 Å². The molecule has 2 aromatic carbocycles. The van der Waals surface area contributed by atoms with Gasteiger partial charge < -0.3 is 14.9 Å². The van der Waals surface area contributed by atoms with Crippen LogP contribution in [0.4, 0.5) is 0 Å². The largest absolute Gasteiger partial charge is 0.507 e. The summed E-state index contributed by atoms with van der Waals surface area (Å²) in [4.78, 5) is 11.3. The van der Waals surface area contributed by atoms with Crippen molar-refractivity contribution in [2.75, 3.05) is 0 Å². The molecule has 0 fully saturated rings. The topological polar surface area (TPSA) is 66.8 Å². The maximum absolute atomic E-state index is 11.3. The summed E-state index contributed by atoms with van der Waals surface area (Å²) >= 11 is 0. The summed E-state index contributed by atoms with van der Waals surface area (Å²) in [7, 11) is 0. The van der Waals surface area contributed by atoms with E-state index in [-0.39, 0.29) is 11.3 Å². The van der Waals surface area contributed by atoms with Gasteiger partial charge in [-0.2, -0.15) is 0 Å². The number of hydrogen-bond acceptors (Lipinski definition) is 3. The van der Waals surface area contributed by atoms with Crippen molar-refractivity contribution in [3.05, 3.63) is 59.2 Å². The van der Waals surface area contributed by atoms with Crippen molar-refractivity contribution in [3.8, 4) is 11.5 Å². The Labute approximate surface area is 116 Å². The summed E-state index contributed by atoms with van der Waals surface area (Å²) in [5.41, 5.74) is 0.847. The Balaban J connectivity index is 2.09. The molecule has 1 aliphatic heterocycles. The molecule has 0 aromatic heterocycles. The van der Waals surface area contributed by atoms with Crippen molar-refractivity contribution >= 4 is 5.97 Å². The Morgan fingerprint density at radius 3 is 2.55 bits per heavy atom. The van der Waals surface area contributed by atoms with Crippen LogP contribution in [0.25, 0.3) is 0 Å². The second-order valence-electron chi connectivity index (χ2n) is 5.12. The van der Waals surface area contributed by atoms with E-state index in [0.717, 1.165) is 5.56 Å². The van der Waals surface area contributed by atoms with E-state index in [4.69, 9.17) is 4.74 Å². The highest BCUT2D eigenvalue weighted by Gasteiger charge is 2.39. The number of carboxylic acids is 1. The molecule has 0 saturated carbocycles. The van der Waals surface area contributed by atoms with Crippen molar-refractivity contribution in [2.45, 2.75) is 18.9 Å². The summed E-state index contributed by atoms with van der Waals surface area (Å²) in [6.45, 7) is 1.92. The van der Waals surface area contributed by atoms with Gasteiger partial charge in [-0.1, -0.05) is 30.3 Å². The smallest absolute Gasteiger partial charge is 0.339 e. The molecule has 4 nitrogen and oxygen atoms in total. The average molecular weight is 270 g/mol. The Hall–Kier alpha value is -2.49. The SMILES string of the molecule is CC1(c2ccccc2)Cc2c(ccc(O)c2C(=O)O)O1. The molecular formula is C16H14O4. The van der Waals surface area contributed by atoms with Gasteiger partial charge in [-0.25, -0.2) is 4.79 Å². The quantitative estimate of drug-likeness (QED) is 0.880. The van der Waals surface area contributed by atoms with Gasteiger partial charge in [0.2, 0.25) is 0 Å². The number of phenols is 1. The number of carbonyl (C=O) groups is 1.